The van der Waals surface area contributed by atoms with Gasteiger partial charge in [0.1, 0.15) is 6.61 Å². The van der Waals surface area contributed by atoms with E-state index in [1.807, 2.05) is 6.92 Å². The van der Waals surface area contributed by atoms with E-state index in [1.165, 1.54) is 0 Å². The summed E-state index contributed by atoms with van der Waals surface area (Å²) in [7, 11) is 0. The van der Waals surface area contributed by atoms with Gasteiger partial charge < -0.3 is 9.47 Å². The van der Waals surface area contributed by atoms with Gasteiger partial charge in [0.15, 0.2) is 0 Å². The first-order chi connectivity index (χ1) is 8.94. The zero-order chi connectivity index (χ0) is 16.0. The van der Waals surface area contributed by atoms with Crippen LogP contribution in [0.15, 0.2) is 0 Å². The van der Waals surface area contributed by atoms with E-state index in [4.69, 9.17) is 9.47 Å². The minimum Gasteiger partial charge on any atom is -0.463 e. The lowest BCUT2D eigenvalue weighted by atomic mass is 9.61. The maximum atomic E-state index is 12.5. The van der Waals surface area contributed by atoms with Crippen molar-refractivity contribution in [2.45, 2.75) is 68.2 Å². The molecule has 0 saturated carbocycles. The highest BCUT2D eigenvalue weighted by Gasteiger charge is 2.47. The fraction of sp³-hybridized carbons (Fsp3) is 0.941. The third kappa shape index (κ3) is 6.25. The number of carbonyl (C=O) groups is 1. The molecule has 0 fully saturated rings. The Morgan fingerprint density at radius 1 is 0.900 bits per heavy atom. The summed E-state index contributed by atoms with van der Waals surface area (Å²) in [6.45, 7) is 18.4. The SMILES string of the molecule is CCCOCCOC(=O)C(C)(CC(C)(C)C)C(C)(C)C. The molecule has 0 aromatic rings. The van der Waals surface area contributed by atoms with E-state index in [0.717, 1.165) is 19.4 Å². The first-order valence-corrected chi connectivity index (χ1v) is 7.69. The van der Waals surface area contributed by atoms with Crippen LogP contribution in [-0.2, 0) is 14.3 Å². The van der Waals surface area contributed by atoms with Crippen LogP contribution in [0.3, 0.4) is 0 Å². The minimum absolute atomic E-state index is 0.0831. The van der Waals surface area contributed by atoms with E-state index in [2.05, 4.69) is 48.5 Å². The molecule has 0 aliphatic carbocycles. The van der Waals surface area contributed by atoms with Crippen molar-refractivity contribution < 1.29 is 14.3 Å². The second-order valence-corrected chi connectivity index (χ2v) is 8.07. The van der Waals surface area contributed by atoms with Crippen LogP contribution in [0.5, 0.6) is 0 Å². The molecule has 3 heteroatoms. The summed E-state index contributed by atoms with van der Waals surface area (Å²) in [5.74, 6) is -0.111. The Balaban J connectivity index is 4.68. The predicted molar refractivity (Wildman–Crippen MR) is 83.7 cm³/mol. The molecule has 0 bridgehead atoms. The maximum absolute atomic E-state index is 12.5. The fourth-order valence-corrected chi connectivity index (χ4v) is 2.30. The lowest BCUT2D eigenvalue weighted by molar-refractivity contribution is -0.166. The van der Waals surface area contributed by atoms with E-state index in [-0.39, 0.29) is 16.8 Å². The molecule has 3 nitrogen and oxygen atoms in total. The quantitative estimate of drug-likeness (QED) is 0.512. The van der Waals surface area contributed by atoms with Crippen molar-refractivity contribution in [1.82, 2.24) is 0 Å². The van der Waals surface area contributed by atoms with Crippen molar-refractivity contribution in [3.8, 4) is 0 Å². The summed E-state index contributed by atoms with van der Waals surface area (Å²) in [4.78, 5) is 12.5. The van der Waals surface area contributed by atoms with Crippen molar-refractivity contribution in [1.29, 1.82) is 0 Å². The van der Waals surface area contributed by atoms with Gasteiger partial charge in [0.2, 0.25) is 0 Å². The van der Waals surface area contributed by atoms with Crippen LogP contribution < -0.4 is 0 Å². The van der Waals surface area contributed by atoms with E-state index in [9.17, 15) is 4.79 Å². The number of hydrogen-bond acceptors (Lipinski definition) is 3. The van der Waals surface area contributed by atoms with Gasteiger partial charge >= 0.3 is 5.97 Å². The molecule has 120 valence electrons. The van der Waals surface area contributed by atoms with Gasteiger partial charge in [-0.05, 0) is 30.6 Å². The van der Waals surface area contributed by atoms with Gasteiger partial charge in [0.05, 0.1) is 12.0 Å². The zero-order valence-electron chi connectivity index (χ0n) is 14.8. The Kier molecular flexibility index (Phi) is 7.23. The third-order valence-electron chi connectivity index (χ3n) is 3.80. The molecule has 0 N–H and O–H groups in total. The van der Waals surface area contributed by atoms with Crippen molar-refractivity contribution in [3.63, 3.8) is 0 Å². The average molecular weight is 286 g/mol. The molecule has 0 amide bonds. The molecular formula is C17H34O3. The lowest BCUT2D eigenvalue weighted by Crippen LogP contribution is -2.44. The standard InChI is InChI=1S/C17H34O3/c1-9-10-19-11-12-20-14(18)17(8,16(5,6)7)13-15(2,3)4/h9-13H2,1-8H3. The molecule has 0 spiro atoms. The van der Waals surface area contributed by atoms with Crippen molar-refractivity contribution in [2.24, 2.45) is 16.2 Å². The summed E-state index contributed by atoms with van der Waals surface area (Å²) in [6, 6.07) is 0. The average Bonchev–Trinajstić information content (AvgIpc) is 2.24. The Morgan fingerprint density at radius 3 is 1.85 bits per heavy atom. The van der Waals surface area contributed by atoms with Gasteiger partial charge in [-0.15, -0.1) is 0 Å². The minimum atomic E-state index is -0.490. The predicted octanol–water partition coefficient (Wildman–Crippen LogP) is 4.44. The molecule has 1 unspecified atom stereocenters. The first-order valence-electron chi connectivity index (χ1n) is 7.69. The van der Waals surface area contributed by atoms with Gasteiger partial charge in [0, 0.05) is 6.61 Å². The van der Waals surface area contributed by atoms with Gasteiger partial charge in [-0.3, -0.25) is 4.79 Å². The van der Waals surface area contributed by atoms with Crippen LogP contribution >= 0.6 is 0 Å². The molecular weight excluding hydrogens is 252 g/mol. The molecule has 0 aromatic heterocycles. The molecule has 0 heterocycles. The van der Waals surface area contributed by atoms with Gasteiger partial charge in [-0.25, -0.2) is 0 Å². The van der Waals surface area contributed by atoms with E-state index in [0.29, 0.717) is 13.2 Å². The molecule has 0 radical (unpaired) electrons. The molecule has 0 aliphatic rings. The number of hydrogen-bond donors (Lipinski definition) is 0. The number of rotatable bonds is 7. The number of ether oxygens (including phenoxy) is 2. The highest BCUT2D eigenvalue weighted by Crippen LogP contribution is 2.47. The van der Waals surface area contributed by atoms with Gasteiger partial charge in [-0.2, -0.15) is 0 Å². The van der Waals surface area contributed by atoms with Crippen LogP contribution in [0.2, 0.25) is 0 Å². The maximum Gasteiger partial charge on any atom is 0.312 e. The van der Waals surface area contributed by atoms with E-state index < -0.39 is 5.41 Å². The number of carbonyl (C=O) groups excluding carboxylic acids is 1. The van der Waals surface area contributed by atoms with Crippen molar-refractivity contribution in [2.75, 3.05) is 19.8 Å². The molecule has 0 rings (SSSR count). The van der Waals surface area contributed by atoms with Crippen LogP contribution in [0.25, 0.3) is 0 Å². The molecule has 1 atom stereocenters. The molecule has 0 aliphatic heterocycles. The third-order valence-corrected chi connectivity index (χ3v) is 3.80. The molecule has 0 aromatic carbocycles. The monoisotopic (exact) mass is 286 g/mol. The van der Waals surface area contributed by atoms with Crippen molar-refractivity contribution >= 4 is 5.97 Å². The Bertz CT molecular complexity index is 296. The fourth-order valence-electron chi connectivity index (χ4n) is 2.30. The van der Waals surface area contributed by atoms with E-state index >= 15 is 0 Å². The normalized spacial score (nSPS) is 15.8. The Hall–Kier alpha value is -0.570. The second kappa shape index (κ2) is 7.44. The summed E-state index contributed by atoms with van der Waals surface area (Å²) in [5, 5.41) is 0. The first kappa shape index (κ1) is 19.4. The topological polar surface area (TPSA) is 35.5 Å². The molecule has 20 heavy (non-hydrogen) atoms. The largest absolute Gasteiger partial charge is 0.463 e. The second-order valence-electron chi connectivity index (χ2n) is 8.07. The van der Waals surface area contributed by atoms with Gasteiger partial charge in [-0.1, -0.05) is 48.5 Å². The van der Waals surface area contributed by atoms with Crippen LogP contribution in [0.4, 0.5) is 0 Å². The smallest absolute Gasteiger partial charge is 0.312 e. The Labute approximate surface area is 125 Å². The zero-order valence-corrected chi connectivity index (χ0v) is 14.8. The highest BCUT2D eigenvalue weighted by atomic mass is 16.6. The Morgan fingerprint density at radius 2 is 1.45 bits per heavy atom. The van der Waals surface area contributed by atoms with Crippen molar-refractivity contribution in [3.05, 3.63) is 0 Å². The van der Waals surface area contributed by atoms with Crippen LogP contribution in [0.1, 0.15) is 68.2 Å². The van der Waals surface area contributed by atoms with Gasteiger partial charge in [0.25, 0.3) is 0 Å². The van der Waals surface area contributed by atoms with E-state index in [1.54, 1.807) is 0 Å². The van der Waals surface area contributed by atoms with Crippen LogP contribution in [-0.4, -0.2) is 25.8 Å². The lowest BCUT2D eigenvalue weighted by Gasteiger charge is -2.43. The summed E-state index contributed by atoms with van der Waals surface area (Å²) in [6.07, 6.45) is 1.79. The highest BCUT2D eigenvalue weighted by molar-refractivity contribution is 5.77. The number of esters is 1. The molecule has 0 saturated heterocycles. The summed E-state index contributed by atoms with van der Waals surface area (Å²) < 4.78 is 10.8. The summed E-state index contributed by atoms with van der Waals surface area (Å²) in [5.41, 5.74) is -0.544. The van der Waals surface area contributed by atoms with Crippen LogP contribution in [0, 0.1) is 16.2 Å². The summed E-state index contributed by atoms with van der Waals surface area (Å²) >= 11 is 0.